The molecule has 0 atom stereocenters. The highest BCUT2D eigenvalue weighted by molar-refractivity contribution is 5.99. The Morgan fingerprint density at radius 2 is 1.75 bits per heavy atom. The van der Waals surface area contributed by atoms with Crippen LogP contribution in [0.2, 0.25) is 0 Å². The van der Waals surface area contributed by atoms with Gasteiger partial charge in [-0.05, 0) is 60.1 Å². The summed E-state index contributed by atoms with van der Waals surface area (Å²) in [4.78, 5) is 29.5. The number of carbonyl (C=O) groups is 2. The number of halogens is 3. The van der Waals surface area contributed by atoms with Crippen LogP contribution in [0.1, 0.15) is 40.9 Å². The number of nitrogens with zero attached hydrogens (tertiary/aromatic N) is 1. The molecule has 2 aromatic carbocycles. The van der Waals surface area contributed by atoms with Crippen LogP contribution in [0.25, 0.3) is 11.1 Å². The lowest BCUT2D eigenvalue weighted by Gasteiger charge is -2.14. The van der Waals surface area contributed by atoms with Gasteiger partial charge >= 0.3 is 6.36 Å². The first-order chi connectivity index (χ1) is 17.3. The van der Waals surface area contributed by atoms with Gasteiger partial charge in [-0.1, -0.05) is 42.5 Å². The number of hydrogen-bond donors (Lipinski definition) is 2. The highest BCUT2D eigenvalue weighted by atomic mass is 19.4. The fraction of sp³-hybridized carbons (Fsp3) is 0.296. The molecule has 1 fully saturated rings. The van der Waals surface area contributed by atoms with Crippen LogP contribution in [0, 0.1) is 5.92 Å². The van der Waals surface area contributed by atoms with Crippen LogP contribution in [-0.4, -0.2) is 29.7 Å². The van der Waals surface area contributed by atoms with Crippen LogP contribution < -0.4 is 15.4 Å². The van der Waals surface area contributed by atoms with E-state index in [4.69, 9.17) is 0 Å². The smallest absolute Gasteiger partial charge is 0.406 e. The number of rotatable bonds is 10. The number of alkyl halides is 3. The molecule has 1 saturated carbocycles. The highest BCUT2D eigenvalue weighted by Crippen LogP contribution is 2.29. The molecule has 0 unspecified atom stereocenters. The van der Waals surface area contributed by atoms with E-state index in [9.17, 15) is 22.8 Å². The Kier molecular flexibility index (Phi) is 7.87. The lowest BCUT2D eigenvalue weighted by Crippen LogP contribution is -2.27. The number of amides is 2. The monoisotopic (exact) mass is 497 g/mol. The molecular formula is C27H26F3N3O3. The minimum absolute atomic E-state index is 0.0966. The van der Waals surface area contributed by atoms with E-state index in [2.05, 4.69) is 20.4 Å². The number of hydrogen-bond acceptors (Lipinski definition) is 4. The molecule has 1 aliphatic rings. The quantitative estimate of drug-likeness (QED) is 0.412. The van der Waals surface area contributed by atoms with Gasteiger partial charge < -0.3 is 15.4 Å². The molecule has 0 aliphatic heterocycles. The van der Waals surface area contributed by atoms with Crippen molar-refractivity contribution in [2.75, 3.05) is 6.54 Å². The van der Waals surface area contributed by atoms with Gasteiger partial charge in [0.15, 0.2) is 0 Å². The molecule has 6 nitrogen and oxygen atoms in total. The second kappa shape index (κ2) is 11.2. The van der Waals surface area contributed by atoms with E-state index in [-0.39, 0.29) is 37.0 Å². The van der Waals surface area contributed by atoms with E-state index in [0.29, 0.717) is 29.3 Å². The maximum Gasteiger partial charge on any atom is 0.573 e. The Bertz CT molecular complexity index is 1230. The molecule has 0 bridgehead atoms. The number of nitrogens with one attached hydrogen (secondary N) is 2. The number of aromatic nitrogens is 1. The summed E-state index contributed by atoms with van der Waals surface area (Å²) in [5.74, 6) is -0.250. The van der Waals surface area contributed by atoms with Gasteiger partial charge in [-0.25, -0.2) is 0 Å². The van der Waals surface area contributed by atoms with Gasteiger partial charge in [0.25, 0.3) is 5.91 Å². The number of pyridine rings is 1. The molecular weight excluding hydrogens is 471 g/mol. The van der Waals surface area contributed by atoms with Crippen molar-refractivity contribution < 1.29 is 27.5 Å². The minimum atomic E-state index is -4.77. The Balaban J connectivity index is 1.38. The maximum atomic E-state index is 12.8. The Hall–Kier alpha value is -3.88. The van der Waals surface area contributed by atoms with E-state index in [0.717, 1.165) is 24.0 Å². The molecule has 2 amide bonds. The summed E-state index contributed by atoms with van der Waals surface area (Å²) in [6.45, 7) is 0.863. The fourth-order valence-corrected chi connectivity index (χ4v) is 3.82. The van der Waals surface area contributed by atoms with Gasteiger partial charge in [-0.2, -0.15) is 0 Å². The van der Waals surface area contributed by atoms with Crippen LogP contribution in [0.4, 0.5) is 13.2 Å². The third-order valence-corrected chi connectivity index (χ3v) is 5.83. The molecule has 0 radical (unpaired) electrons. The second-order valence-electron chi connectivity index (χ2n) is 8.68. The topological polar surface area (TPSA) is 80.3 Å². The zero-order chi connectivity index (χ0) is 25.5. The number of aryl methyl sites for hydroxylation is 1. The zero-order valence-electron chi connectivity index (χ0n) is 19.5. The van der Waals surface area contributed by atoms with Crippen LogP contribution in [0.3, 0.4) is 0 Å². The van der Waals surface area contributed by atoms with Crippen LogP contribution in [0.5, 0.6) is 5.75 Å². The summed E-state index contributed by atoms with van der Waals surface area (Å²) in [6.07, 6.45) is -0.574. The van der Waals surface area contributed by atoms with E-state index >= 15 is 0 Å². The minimum Gasteiger partial charge on any atom is -0.406 e. The molecule has 36 heavy (non-hydrogen) atoms. The molecule has 1 heterocycles. The van der Waals surface area contributed by atoms with Crippen LogP contribution >= 0.6 is 0 Å². The summed E-state index contributed by atoms with van der Waals surface area (Å²) in [6, 6.07) is 16.6. The number of ether oxygens (including phenoxy) is 1. The van der Waals surface area contributed by atoms with Crippen molar-refractivity contribution in [2.24, 2.45) is 5.92 Å². The molecule has 188 valence electrons. The number of carbonyl (C=O) groups excluding carboxylic acids is 2. The molecule has 0 saturated heterocycles. The van der Waals surface area contributed by atoms with Gasteiger partial charge in [0, 0.05) is 31.3 Å². The van der Waals surface area contributed by atoms with Crippen molar-refractivity contribution in [1.82, 2.24) is 15.6 Å². The van der Waals surface area contributed by atoms with Gasteiger partial charge in [0.1, 0.15) is 11.4 Å². The first-order valence-corrected chi connectivity index (χ1v) is 11.7. The second-order valence-corrected chi connectivity index (χ2v) is 8.68. The van der Waals surface area contributed by atoms with E-state index < -0.39 is 6.36 Å². The van der Waals surface area contributed by atoms with Crippen LogP contribution in [0.15, 0.2) is 66.9 Å². The average Bonchev–Trinajstić information content (AvgIpc) is 3.69. The van der Waals surface area contributed by atoms with Gasteiger partial charge in [0.2, 0.25) is 5.91 Å². The third-order valence-electron chi connectivity index (χ3n) is 5.83. The van der Waals surface area contributed by atoms with Crippen molar-refractivity contribution >= 4 is 11.8 Å². The van der Waals surface area contributed by atoms with Gasteiger partial charge in [-0.3, -0.25) is 14.6 Å². The lowest BCUT2D eigenvalue weighted by atomic mass is 9.97. The molecule has 4 rings (SSSR count). The maximum absolute atomic E-state index is 12.8. The lowest BCUT2D eigenvalue weighted by molar-refractivity contribution is -0.274. The van der Waals surface area contributed by atoms with E-state index in [1.165, 1.54) is 18.2 Å². The molecule has 3 aromatic rings. The zero-order valence-corrected chi connectivity index (χ0v) is 19.5. The first kappa shape index (κ1) is 25.2. The first-order valence-electron chi connectivity index (χ1n) is 11.7. The normalized spacial score (nSPS) is 13.2. The van der Waals surface area contributed by atoms with E-state index in [1.807, 2.05) is 30.3 Å². The highest BCUT2D eigenvalue weighted by Gasteiger charge is 2.31. The van der Waals surface area contributed by atoms with Crippen molar-refractivity contribution in [3.63, 3.8) is 0 Å². The van der Waals surface area contributed by atoms with E-state index in [1.54, 1.807) is 18.3 Å². The van der Waals surface area contributed by atoms with Crippen molar-refractivity contribution in [1.29, 1.82) is 0 Å². The Labute approximate surface area is 206 Å². The Morgan fingerprint density at radius 1 is 0.972 bits per heavy atom. The van der Waals surface area contributed by atoms with Gasteiger partial charge in [-0.15, -0.1) is 13.2 Å². The van der Waals surface area contributed by atoms with Crippen molar-refractivity contribution in [3.8, 4) is 16.9 Å². The largest absolute Gasteiger partial charge is 0.573 e. The van der Waals surface area contributed by atoms with Crippen molar-refractivity contribution in [2.45, 2.75) is 38.6 Å². The standard InChI is InChI=1S/C27H26F3N3O3/c28-27(29,30)36-21-7-3-5-18(15-21)12-13-24(34)32-17-20-6-1-2-8-22(20)23-9-4-14-31-25(23)26(35)33-16-19-10-11-19/h1-9,14-15,19H,10-13,16-17H2,(H,32,34)(H,33,35). The molecule has 2 N–H and O–H groups in total. The molecule has 1 aliphatic carbocycles. The summed E-state index contributed by atoms with van der Waals surface area (Å²) >= 11 is 0. The average molecular weight is 498 g/mol. The molecule has 1 aromatic heterocycles. The molecule has 0 spiro atoms. The molecule has 9 heteroatoms. The summed E-state index contributed by atoms with van der Waals surface area (Å²) in [5, 5.41) is 5.81. The van der Waals surface area contributed by atoms with Crippen molar-refractivity contribution in [3.05, 3.63) is 83.7 Å². The third kappa shape index (κ3) is 7.31. The summed E-state index contributed by atoms with van der Waals surface area (Å²) in [7, 11) is 0. The van der Waals surface area contributed by atoms with Crippen LogP contribution in [-0.2, 0) is 17.8 Å². The predicted octanol–water partition coefficient (Wildman–Crippen LogP) is 5.04. The SMILES string of the molecule is O=C(CCc1cccc(OC(F)(F)F)c1)NCc1ccccc1-c1cccnc1C(=O)NCC1CC1. The summed E-state index contributed by atoms with van der Waals surface area (Å²) in [5.41, 5.74) is 3.18. The summed E-state index contributed by atoms with van der Waals surface area (Å²) < 4.78 is 41.2. The fourth-order valence-electron chi connectivity index (χ4n) is 3.82. The van der Waals surface area contributed by atoms with Gasteiger partial charge in [0.05, 0.1) is 0 Å². The predicted molar refractivity (Wildman–Crippen MR) is 128 cm³/mol. The Morgan fingerprint density at radius 3 is 2.53 bits per heavy atom. The number of benzene rings is 2.